The predicted molar refractivity (Wildman–Crippen MR) is 80.9 cm³/mol. The Morgan fingerprint density at radius 1 is 1.17 bits per heavy atom. The molecule has 108 valence electrons. The Morgan fingerprint density at radius 3 is 2.33 bits per heavy atom. The number of piperidine rings is 1. The van der Waals surface area contributed by atoms with E-state index in [-0.39, 0.29) is 5.54 Å². The van der Waals surface area contributed by atoms with Gasteiger partial charge in [-0.05, 0) is 65.8 Å². The van der Waals surface area contributed by atoms with E-state index in [0.717, 1.165) is 18.5 Å². The number of rotatable bonds is 4. The fourth-order valence-corrected chi connectivity index (χ4v) is 2.85. The van der Waals surface area contributed by atoms with Crippen LogP contribution in [-0.4, -0.2) is 35.6 Å². The first kappa shape index (κ1) is 16.0. The van der Waals surface area contributed by atoms with E-state index >= 15 is 0 Å². The fourth-order valence-electron chi connectivity index (χ4n) is 2.85. The maximum Gasteiger partial charge on any atom is 0.0108 e. The molecule has 0 bridgehead atoms. The van der Waals surface area contributed by atoms with Crippen molar-refractivity contribution < 1.29 is 0 Å². The second-order valence-electron chi connectivity index (χ2n) is 7.58. The highest BCUT2D eigenvalue weighted by atomic mass is 15.2. The van der Waals surface area contributed by atoms with E-state index in [1.807, 2.05) is 0 Å². The summed E-state index contributed by atoms with van der Waals surface area (Å²) in [6.07, 6.45) is 2.77. The third-order valence-corrected chi connectivity index (χ3v) is 4.47. The van der Waals surface area contributed by atoms with Crippen LogP contribution < -0.4 is 5.32 Å². The first-order valence-electron chi connectivity index (χ1n) is 7.71. The van der Waals surface area contributed by atoms with Gasteiger partial charge in [0.15, 0.2) is 0 Å². The minimum Gasteiger partial charge on any atom is -0.312 e. The molecule has 1 fully saturated rings. The SMILES string of the molecule is CC1CCC(C)N(C(C)C(C)CNC(C)(C)C)C1. The van der Waals surface area contributed by atoms with Crippen molar-refractivity contribution in [1.82, 2.24) is 10.2 Å². The number of hydrogen-bond donors (Lipinski definition) is 1. The van der Waals surface area contributed by atoms with Gasteiger partial charge in [-0.25, -0.2) is 0 Å². The van der Waals surface area contributed by atoms with Crippen LogP contribution in [0.1, 0.15) is 61.3 Å². The average Bonchev–Trinajstić information content (AvgIpc) is 2.27. The van der Waals surface area contributed by atoms with Gasteiger partial charge in [0.25, 0.3) is 0 Å². The Bertz CT molecular complexity index is 244. The summed E-state index contributed by atoms with van der Waals surface area (Å²) in [6, 6.07) is 1.44. The molecule has 0 aliphatic carbocycles. The molecule has 18 heavy (non-hydrogen) atoms. The summed E-state index contributed by atoms with van der Waals surface area (Å²) in [5.74, 6) is 1.57. The summed E-state index contributed by atoms with van der Waals surface area (Å²) in [5, 5.41) is 3.64. The molecule has 0 amide bonds. The molecule has 0 spiro atoms. The van der Waals surface area contributed by atoms with Crippen LogP contribution in [0.3, 0.4) is 0 Å². The zero-order chi connectivity index (χ0) is 13.9. The standard InChI is InChI=1S/C16H34N2/c1-12-8-9-14(3)18(11-12)15(4)13(2)10-17-16(5,6)7/h12-15,17H,8-11H2,1-7H3. The fraction of sp³-hybridized carbons (Fsp3) is 1.00. The molecule has 4 atom stereocenters. The maximum absolute atomic E-state index is 3.64. The van der Waals surface area contributed by atoms with E-state index in [4.69, 9.17) is 0 Å². The molecule has 0 aromatic heterocycles. The molecule has 2 nitrogen and oxygen atoms in total. The lowest BCUT2D eigenvalue weighted by Gasteiger charge is -2.43. The second kappa shape index (κ2) is 6.38. The van der Waals surface area contributed by atoms with Crippen LogP contribution in [0, 0.1) is 11.8 Å². The highest BCUT2D eigenvalue weighted by Gasteiger charge is 2.29. The van der Waals surface area contributed by atoms with Gasteiger partial charge in [-0.3, -0.25) is 4.90 Å². The number of likely N-dealkylation sites (tertiary alicyclic amines) is 1. The van der Waals surface area contributed by atoms with Gasteiger partial charge in [0.05, 0.1) is 0 Å². The third-order valence-electron chi connectivity index (χ3n) is 4.47. The Balaban J connectivity index is 2.48. The van der Waals surface area contributed by atoms with Gasteiger partial charge in [0.1, 0.15) is 0 Å². The Kier molecular flexibility index (Phi) is 5.67. The van der Waals surface area contributed by atoms with Crippen molar-refractivity contribution in [3.05, 3.63) is 0 Å². The molecule has 0 saturated carbocycles. The minimum absolute atomic E-state index is 0.231. The lowest BCUT2D eigenvalue weighted by molar-refractivity contribution is 0.0581. The smallest absolute Gasteiger partial charge is 0.0108 e. The minimum atomic E-state index is 0.231. The number of nitrogens with zero attached hydrogens (tertiary/aromatic N) is 1. The highest BCUT2D eigenvalue weighted by Crippen LogP contribution is 2.26. The van der Waals surface area contributed by atoms with Crippen LogP contribution in [0.5, 0.6) is 0 Å². The van der Waals surface area contributed by atoms with Gasteiger partial charge in [0, 0.05) is 24.2 Å². The van der Waals surface area contributed by atoms with E-state index in [1.165, 1.54) is 19.4 Å². The van der Waals surface area contributed by atoms with Crippen molar-refractivity contribution in [3.8, 4) is 0 Å². The Labute approximate surface area is 115 Å². The quantitative estimate of drug-likeness (QED) is 0.826. The zero-order valence-electron chi connectivity index (χ0n) is 13.6. The van der Waals surface area contributed by atoms with E-state index in [1.54, 1.807) is 0 Å². The highest BCUT2D eigenvalue weighted by molar-refractivity contribution is 4.85. The topological polar surface area (TPSA) is 15.3 Å². The Hall–Kier alpha value is -0.0800. The molecule has 1 aliphatic rings. The normalized spacial score (nSPS) is 30.2. The van der Waals surface area contributed by atoms with Crippen molar-refractivity contribution in [3.63, 3.8) is 0 Å². The second-order valence-corrected chi connectivity index (χ2v) is 7.58. The first-order chi connectivity index (χ1) is 8.20. The lowest BCUT2D eigenvalue weighted by Crippen LogP contribution is -2.51. The van der Waals surface area contributed by atoms with Gasteiger partial charge in [-0.1, -0.05) is 13.8 Å². The van der Waals surface area contributed by atoms with Crippen LogP contribution in [0.25, 0.3) is 0 Å². The third kappa shape index (κ3) is 4.89. The van der Waals surface area contributed by atoms with Crippen LogP contribution in [0.2, 0.25) is 0 Å². The van der Waals surface area contributed by atoms with Crippen molar-refractivity contribution in [2.24, 2.45) is 11.8 Å². The lowest BCUT2D eigenvalue weighted by atomic mass is 9.90. The monoisotopic (exact) mass is 254 g/mol. The molecular formula is C16H34N2. The van der Waals surface area contributed by atoms with Crippen LogP contribution in [0.15, 0.2) is 0 Å². The summed E-state index contributed by atoms with van der Waals surface area (Å²) >= 11 is 0. The van der Waals surface area contributed by atoms with Gasteiger partial charge in [-0.15, -0.1) is 0 Å². The van der Waals surface area contributed by atoms with Crippen molar-refractivity contribution in [2.75, 3.05) is 13.1 Å². The summed E-state index contributed by atoms with van der Waals surface area (Å²) in [4.78, 5) is 2.73. The number of nitrogens with one attached hydrogen (secondary N) is 1. The van der Waals surface area contributed by atoms with E-state index in [0.29, 0.717) is 12.0 Å². The Morgan fingerprint density at radius 2 is 1.78 bits per heavy atom. The van der Waals surface area contributed by atoms with Crippen LogP contribution in [-0.2, 0) is 0 Å². The van der Waals surface area contributed by atoms with Gasteiger partial charge in [-0.2, -0.15) is 0 Å². The number of hydrogen-bond acceptors (Lipinski definition) is 2. The van der Waals surface area contributed by atoms with Crippen molar-refractivity contribution in [2.45, 2.75) is 78.9 Å². The zero-order valence-corrected chi connectivity index (χ0v) is 13.6. The molecule has 0 aromatic rings. The van der Waals surface area contributed by atoms with Gasteiger partial charge in [0.2, 0.25) is 0 Å². The molecule has 0 aromatic carbocycles. The van der Waals surface area contributed by atoms with Crippen molar-refractivity contribution >= 4 is 0 Å². The average molecular weight is 254 g/mol. The summed E-state index contributed by atoms with van der Waals surface area (Å²) in [5.41, 5.74) is 0.231. The first-order valence-corrected chi connectivity index (χ1v) is 7.71. The maximum atomic E-state index is 3.64. The van der Waals surface area contributed by atoms with Crippen molar-refractivity contribution in [1.29, 1.82) is 0 Å². The van der Waals surface area contributed by atoms with Gasteiger partial charge >= 0.3 is 0 Å². The van der Waals surface area contributed by atoms with Crippen LogP contribution in [0.4, 0.5) is 0 Å². The van der Waals surface area contributed by atoms with E-state index in [2.05, 4.69) is 58.7 Å². The summed E-state index contributed by atoms with van der Waals surface area (Å²) in [6.45, 7) is 18.7. The molecule has 1 saturated heterocycles. The van der Waals surface area contributed by atoms with Crippen LogP contribution >= 0.6 is 0 Å². The predicted octanol–water partition coefficient (Wildman–Crippen LogP) is 3.52. The molecular weight excluding hydrogens is 220 g/mol. The molecule has 4 unspecified atom stereocenters. The largest absolute Gasteiger partial charge is 0.312 e. The molecule has 1 aliphatic heterocycles. The molecule has 1 rings (SSSR count). The molecule has 0 radical (unpaired) electrons. The summed E-state index contributed by atoms with van der Waals surface area (Å²) < 4.78 is 0. The molecule has 2 heteroatoms. The molecule has 1 N–H and O–H groups in total. The van der Waals surface area contributed by atoms with Gasteiger partial charge < -0.3 is 5.32 Å². The van der Waals surface area contributed by atoms with E-state index < -0.39 is 0 Å². The molecule has 1 heterocycles. The summed E-state index contributed by atoms with van der Waals surface area (Å²) in [7, 11) is 0. The van der Waals surface area contributed by atoms with E-state index in [9.17, 15) is 0 Å².